The molecule has 1 aromatic rings. The SMILES string of the molecule is C/C=C\C=C\[C@@H]1O[C@](O)(C(CO[C@H]2C[C@@H](OC)C(O[C@H]3C[C@H](OC)[C@H](O[C@@H]4C[C@@H](OC)[C@@H](O)[C@@H](C)O4)[C@@H](C)O3)[C@@H](C)O2)C(=O)NC/C=C/C=C(\C)C(OC)[C@@H](C)C2C[C@@H](O)[C@@H](/C=C/C=C/C=C/C(=O)O)O2)[C@H](OC(=O)Cc2ccccc2)[C@H](O)C1(C)C. The van der Waals surface area contributed by atoms with Gasteiger partial charge >= 0.3 is 11.9 Å². The molecule has 5 saturated heterocycles. The molecule has 5 aliphatic heterocycles. The Balaban J connectivity index is 1.19. The minimum atomic E-state index is -2.71. The number of rotatable bonds is 28. The number of benzene rings is 1. The minimum Gasteiger partial charge on any atom is -0.478 e. The molecular formula is C65H95NO21. The molecule has 6 rings (SSSR count). The van der Waals surface area contributed by atoms with Gasteiger partial charge < -0.3 is 92.4 Å². The van der Waals surface area contributed by atoms with Crippen LogP contribution in [0.3, 0.4) is 0 Å². The summed E-state index contributed by atoms with van der Waals surface area (Å²) in [5.74, 6) is -7.19. The summed E-state index contributed by atoms with van der Waals surface area (Å²) in [5, 5.41) is 58.5. The predicted octanol–water partition coefficient (Wildman–Crippen LogP) is 5.50. The lowest BCUT2D eigenvalue weighted by Crippen LogP contribution is -2.71. The lowest BCUT2D eigenvalue weighted by atomic mass is 9.71. The summed E-state index contributed by atoms with van der Waals surface area (Å²) in [6.45, 7) is 13.9. The molecule has 1 aromatic carbocycles. The Bertz CT molecular complexity index is 2530. The van der Waals surface area contributed by atoms with Crippen LogP contribution >= 0.6 is 0 Å². The van der Waals surface area contributed by atoms with Crippen LogP contribution in [-0.4, -0.2) is 207 Å². The molecule has 22 heteroatoms. The normalized spacial score (nSPS) is 36.3. The molecule has 5 aliphatic rings. The van der Waals surface area contributed by atoms with Gasteiger partial charge in [-0.2, -0.15) is 0 Å². The first-order valence-electron chi connectivity index (χ1n) is 30.0. The number of allylic oxidation sites excluding steroid dienone is 9. The second-order valence-corrected chi connectivity index (χ2v) is 23.5. The van der Waals surface area contributed by atoms with Crippen molar-refractivity contribution in [2.24, 2.45) is 17.3 Å². The van der Waals surface area contributed by atoms with Gasteiger partial charge in [-0.1, -0.05) is 124 Å². The number of carbonyl (C=O) groups is 3. The van der Waals surface area contributed by atoms with Crippen molar-refractivity contribution in [1.29, 1.82) is 0 Å². The molecule has 6 N–H and O–H groups in total. The number of methoxy groups -OCH3 is 4. The Hall–Kier alpha value is -4.83. The monoisotopic (exact) mass is 1230 g/mol. The molecule has 0 radical (unpaired) electrons. The zero-order valence-corrected chi connectivity index (χ0v) is 52.2. The summed E-state index contributed by atoms with van der Waals surface area (Å²) in [6.07, 6.45) is 7.66. The molecule has 0 saturated carbocycles. The average Bonchev–Trinajstić information content (AvgIpc) is 1.73. The lowest BCUT2D eigenvalue weighted by Gasteiger charge is -2.54. The number of ether oxygens (including phenoxy) is 13. The first-order chi connectivity index (χ1) is 41.5. The third kappa shape index (κ3) is 19.1. The fourth-order valence-electron chi connectivity index (χ4n) is 11.8. The fourth-order valence-corrected chi connectivity index (χ4v) is 11.8. The minimum absolute atomic E-state index is 0.0572. The van der Waals surface area contributed by atoms with Crippen LogP contribution in [0, 0.1) is 17.3 Å². The Morgan fingerprint density at radius 2 is 1.36 bits per heavy atom. The van der Waals surface area contributed by atoms with E-state index in [-0.39, 0.29) is 37.8 Å². The maximum Gasteiger partial charge on any atom is 0.328 e. The van der Waals surface area contributed by atoms with Crippen LogP contribution in [0.25, 0.3) is 0 Å². The second-order valence-electron chi connectivity index (χ2n) is 23.5. The van der Waals surface area contributed by atoms with Crippen molar-refractivity contribution in [3.8, 4) is 0 Å². The Morgan fingerprint density at radius 3 is 1.98 bits per heavy atom. The first kappa shape index (κ1) is 71.2. The first-order valence-corrected chi connectivity index (χ1v) is 30.0. The molecule has 0 spiro atoms. The van der Waals surface area contributed by atoms with Crippen LogP contribution in [0.4, 0.5) is 0 Å². The van der Waals surface area contributed by atoms with Gasteiger partial charge in [0, 0.05) is 78.1 Å². The predicted molar refractivity (Wildman–Crippen MR) is 318 cm³/mol. The number of amides is 1. The highest BCUT2D eigenvalue weighted by molar-refractivity contribution is 5.81. The molecule has 486 valence electrons. The lowest BCUT2D eigenvalue weighted by molar-refractivity contribution is -0.368. The van der Waals surface area contributed by atoms with E-state index in [1.165, 1.54) is 20.3 Å². The van der Waals surface area contributed by atoms with Gasteiger partial charge in [-0.15, -0.1) is 0 Å². The Kier molecular flexibility index (Phi) is 27.7. The molecular weight excluding hydrogens is 1130 g/mol. The number of aliphatic hydroxyl groups is 4. The van der Waals surface area contributed by atoms with E-state index in [0.717, 1.165) is 11.6 Å². The number of carboxylic acid groups (broad SMARTS) is 1. The number of carboxylic acids is 1. The average molecular weight is 1230 g/mol. The van der Waals surface area contributed by atoms with Gasteiger partial charge in [0.1, 0.15) is 36.4 Å². The zero-order valence-electron chi connectivity index (χ0n) is 52.2. The van der Waals surface area contributed by atoms with Gasteiger partial charge in [0.25, 0.3) is 0 Å². The molecule has 5 fully saturated rings. The fraction of sp³-hybridized carbons (Fsp3) is 0.646. The molecule has 4 unspecified atom stereocenters. The smallest absolute Gasteiger partial charge is 0.328 e. The van der Waals surface area contributed by atoms with Gasteiger partial charge in [-0.25, -0.2) is 4.79 Å². The molecule has 87 heavy (non-hydrogen) atoms. The summed E-state index contributed by atoms with van der Waals surface area (Å²) in [4.78, 5) is 39.5. The van der Waals surface area contributed by atoms with Crippen molar-refractivity contribution >= 4 is 17.8 Å². The van der Waals surface area contributed by atoms with E-state index >= 15 is 0 Å². The number of carbonyl (C=O) groups excluding carboxylic acids is 2. The summed E-state index contributed by atoms with van der Waals surface area (Å²) in [7, 11) is 6.24. The maximum absolute atomic E-state index is 14.9. The van der Waals surface area contributed by atoms with Crippen molar-refractivity contribution in [3.63, 3.8) is 0 Å². The van der Waals surface area contributed by atoms with Crippen molar-refractivity contribution in [2.75, 3.05) is 41.6 Å². The van der Waals surface area contributed by atoms with Crippen LogP contribution in [0.5, 0.6) is 0 Å². The number of esters is 1. The topological polar surface area (TPSA) is 284 Å². The van der Waals surface area contributed by atoms with Crippen LogP contribution in [0.2, 0.25) is 0 Å². The largest absolute Gasteiger partial charge is 0.478 e. The van der Waals surface area contributed by atoms with Crippen molar-refractivity contribution in [2.45, 2.75) is 210 Å². The summed E-state index contributed by atoms with van der Waals surface area (Å²) in [6, 6.07) is 8.84. The van der Waals surface area contributed by atoms with Crippen molar-refractivity contribution in [1.82, 2.24) is 5.32 Å². The summed E-state index contributed by atoms with van der Waals surface area (Å²) < 4.78 is 80.6. The molecule has 22 nitrogen and oxygen atoms in total. The van der Waals surface area contributed by atoms with E-state index in [2.05, 4.69) is 5.32 Å². The number of nitrogens with one attached hydrogen (secondary N) is 1. The summed E-state index contributed by atoms with van der Waals surface area (Å²) >= 11 is 0. The maximum atomic E-state index is 14.9. The number of aliphatic hydroxyl groups excluding tert-OH is 3. The van der Waals surface area contributed by atoms with E-state index < -0.39 is 152 Å². The van der Waals surface area contributed by atoms with E-state index in [1.54, 1.807) is 133 Å². The Morgan fingerprint density at radius 1 is 0.759 bits per heavy atom. The molecule has 0 aromatic heterocycles. The number of aliphatic carboxylic acids is 1. The van der Waals surface area contributed by atoms with Gasteiger partial charge in [0.05, 0.1) is 74.1 Å². The van der Waals surface area contributed by atoms with Gasteiger partial charge in [0.2, 0.25) is 11.7 Å². The Labute approximate surface area is 512 Å². The highest BCUT2D eigenvalue weighted by atomic mass is 16.7. The third-order valence-electron chi connectivity index (χ3n) is 16.9. The van der Waals surface area contributed by atoms with Crippen LogP contribution in [0.15, 0.2) is 115 Å². The second kappa shape index (κ2) is 33.8. The van der Waals surface area contributed by atoms with Gasteiger partial charge in [0.15, 0.2) is 25.0 Å². The van der Waals surface area contributed by atoms with Gasteiger partial charge in [-0.05, 0) is 45.8 Å². The molecule has 0 bridgehead atoms. The standard InChI is InChI=1S/C65H95NO21/c1-13-14-18-29-51-64(7,8)61(72)62(84-53(70)32-43-26-19-17-20-27-43)65(74,87-51)44(63(73)66-31-24-23-25-38(2)58(78-12)39(3)47-33-45(67)46(83-47)28-21-15-16-22-30-52(68)69)37-79-54-35-49(76-10)59(41(5)81-54)86-56-36-50(77-11)60(42(6)82-56)85-55-34-48(75-9)57(71)40(4)80-55/h13-30,39-42,44-51,54-62,67,71-72,74H,31-37H2,1-12H3,(H,66,73)(H,68,69)/b14-13-,16-15+,24-23+,28-21+,29-18+,30-22+,38-25+/t39-,40+,41+,42+,44?,45+,46+,47?,48+,49+,50-,51-,54+,55+,56-,57-,58?,59?,60+,61-,62+,65+/m0/s1. The van der Waals surface area contributed by atoms with E-state index in [4.69, 9.17) is 66.7 Å². The molecule has 0 aliphatic carbocycles. The highest BCUT2D eigenvalue weighted by Crippen LogP contribution is 2.46. The summed E-state index contributed by atoms with van der Waals surface area (Å²) in [5.41, 5.74) is 0.265. The van der Waals surface area contributed by atoms with E-state index in [1.807, 2.05) is 33.8 Å². The van der Waals surface area contributed by atoms with Crippen LogP contribution in [-0.2, 0) is 82.4 Å². The van der Waals surface area contributed by atoms with E-state index in [9.17, 15) is 34.8 Å². The number of hydrogen-bond acceptors (Lipinski definition) is 20. The third-order valence-corrected chi connectivity index (χ3v) is 16.9. The van der Waals surface area contributed by atoms with Crippen LogP contribution < -0.4 is 5.32 Å². The number of hydrogen-bond donors (Lipinski definition) is 6. The van der Waals surface area contributed by atoms with Crippen molar-refractivity contribution < 1.29 is 101 Å². The highest BCUT2D eigenvalue weighted by Gasteiger charge is 2.63. The molecule has 1 amide bonds. The molecule has 22 atom stereocenters. The van der Waals surface area contributed by atoms with Crippen LogP contribution in [0.1, 0.15) is 86.6 Å². The van der Waals surface area contributed by atoms with Gasteiger partial charge in [-0.3, -0.25) is 9.59 Å². The van der Waals surface area contributed by atoms with Crippen molar-refractivity contribution in [3.05, 3.63) is 120 Å². The van der Waals surface area contributed by atoms with E-state index in [0.29, 0.717) is 18.4 Å². The quantitative estimate of drug-likeness (QED) is 0.0343. The zero-order chi connectivity index (χ0) is 63.6. The molecule has 5 heterocycles.